The van der Waals surface area contributed by atoms with Crippen molar-refractivity contribution in [3.05, 3.63) is 54.1 Å². The lowest BCUT2D eigenvalue weighted by molar-refractivity contribution is -0.118. The molecule has 1 aliphatic heterocycles. The molecule has 0 aliphatic carbocycles. The zero-order valence-corrected chi connectivity index (χ0v) is 18.2. The van der Waals surface area contributed by atoms with E-state index in [9.17, 15) is 18.0 Å². The summed E-state index contributed by atoms with van der Waals surface area (Å²) in [7, 11) is -3.68. The van der Waals surface area contributed by atoms with E-state index in [4.69, 9.17) is 10.5 Å². The number of benzene rings is 2. The minimum Gasteiger partial charge on any atom is -0.491 e. The van der Waals surface area contributed by atoms with Gasteiger partial charge in [0.1, 0.15) is 5.75 Å². The summed E-state index contributed by atoms with van der Waals surface area (Å²) < 4.78 is 33.2. The monoisotopic (exact) mass is 445 g/mol. The summed E-state index contributed by atoms with van der Waals surface area (Å²) in [6.45, 7) is 2.47. The summed E-state index contributed by atoms with van der Waals surface area (Å²) in [6, 6.07) is 12.7. The van der Waals surface area contributed by atoms with Crippen molar-refractivity contribution < 1.29 is 22.7 Å². The number of ether oxygens (including phenoxy) is 1. The maximum absolute atomic E-state index is 13.1. The molecule has 1 fully saturated rings. The van der Waals surface area contributed by atoms with E-state index in [-0.39, 0.29) is 29.5 Å². The predicted molar refractivity (Wildman–Crippen MR) is 117 cm³/mol. The highest BCUT2D eigenvalue weighted by atomic mass is 32.2. The van der Waals surface area contributed by atoms with Gasteiger partial charge in [-0.15, -0.1) is 0 Å². The van der Waals surface area contributed by atoms with E-state index in [2.05, 4.69) is 5.32 Å². The van der Waals surface area contributed by atoms with E-state index in [0.29, 0.717) is 18.0 Å². The van der Waals surface area contributed by atoms with Crippen LogP contribution in [0.4, 0.5) is 5.69 Å². The van der Waals surface area contributed by atoms with Crippen LogP contribution in [0.5, 0.6) is 5.75 Å². The third-order valence-corrected chi connectivity index (χ3v) is 7.20. The van der Waals surface area contributed by atoms with Crippen LogP contribution in [0.2, 0.25) is 0 Å². The van der Waals surface area contributed by atoms with Crippen molar-refractivity contribution in [2.45, 2.75) is 43.5 Å². The van der Waals surface area contributed by atoms with Crippen LogP contribution in [0.1, 0.15) is 43.0 Å². The molecule has 0 spiro atoms. The predicted octanol–water partition coefficient (Wildman–Crippen LogP) is 2.76. The van der Waals surface area contributed by atoms with Gasteiger partial charge in [0.15, 0.2) is 0 Å². The fraction of sp³-hybridized carbons (Fsp3) is 0.364. The Morgan fingerprint density at radius 1 is 1.16 bits per heavy atom. The van der Waals surface area contributed by atoms with Gasteiger partial charge in [0, 0.05) is 18.2 Å². The smallest absolute Gasteiger partial charge is 0.255 e. The Morgan fingerprint density at radius 3 is 2.68 bits per heavy atom. The van der Waals surface area contributed by atoms with Crippen molar-refractivity contribution in [2.75, 3.05) is 18.5 Å². The van der Waals surface area contributed by atoms with Crippen LogP contribution >= 0.6 is 0 Å². The highest BCUT2D eigenvalue weighted by Crippen LogP contribution is 2.27. The first-order valence-electron chi connectivity index (χ1n) is 10.2. The van der Waals surface area contributed by atoms with Gasteiger partial charge in [0.05, 0.1) is 23.6 Å². The minimum atomic E-state index is -3.68. The molecule has 166 valence electrons. The van der Waals surface area contributed by atoms with Crippen molar-refractivity contribution in [3.8, 4) is 5.75 Å². The number of anilines is 1. The molecule has 0 bridgehead atoms. The second kappa shape index (κ2) is 9.93. The maximum Gasteiger partial charge on any atom is 0.255 e. The van der Waals surface area contributed by atoms with Gasteiger partial charge in [-0.05, 0) is 50.1 Å². The lowest BCUT2D eigenvalue weighted by Gasteiger charge is -2.32. The zero-order valence-electron chi connectivity index (χ0n) is 17.4. The van der Waals surface area contributed by atoms with Crippen LogP contribution in [0.3, 0.4) is 0 Å². The molecule has 2 amide bonds. The normalized spacial score (nSPS) is 17.1. The summed E-state index contributed by atoms with van der Waals surface area (Å²) >= 11 is 0. The summed E-state index contributed by atoms with van der Waals surface area (Å²) in [4.78, 5) is 23.8. The summed E-state index contributed by atoms with van der Waals surface area (Å²) in [6.07, 6.45) is 2.72. The topological polar surface area (TPSA) is 119 Å². The van der Waals surface area contributed by atoms with Gasteiger partial charge >= 0.3 is 0 Å². The van der Waals surface area contributed by atoms with Crippen molar-refractivity contribution in [1.29, 1.82) is 0 Å². The van der Waals surface area contributed by atoms with Gasteiger partial charge in [0.2, 0.25) is 15.9 Å². The number of primary amides is 1. The summed E-state index contributed by atoms with van der Waals surface area (Å²) in [5.41, 5.74) is 5.75. The molecule has 2 aromatic carbocycles. The van der Waals surface area contributed by atoms with Gasteiger partial charge in [-0.25, -0.2) is 8.42 Å². The number of carbonyl (C=O) groups is 2. The second-order valence-electron chi connectivity index (χ2n) is 7.50. The number of nitrogens with zero attached hydrogens (tertiary/aromatic N) is 1. The molecule has 1 aliphatic rings. The Morgan fingerprint density at radius 2 is 1.94 bits per heavy atom. The molecule has 9 heteroatoms. The molecule has 3 rings (SSSR count). The average Bonchev–Trinajstić information content (AvgIpc) is 2.75. The molecule has 1 unspecified atom stereocenters. The fourth-order valence-electron chi connectivity index (χ4n) is 3.51. The third kappa shape index (κ3) is 5.62. The van der Waals surface area contributed by atoms with Gasteiger partial charge in [-0.3, -0.25) is 9.59 Å². The number of piperidine rings is 1. The Hall–Kier alpha value is -2.91. The lowest BCUT2D eigenvalue weighted by Crippen LogP contribution is -2.41. The maximum atomic E-state index is 13.1. The largest absolute Gasteiger partial charge is 0.491 e. The molecule has 0 saturated carbocycles. The number of para-hydroxylation sites is 2. The lowest BCUT2D eigenvalue weighted by atomic mass is 10.1. The van der Waals surface area contributed by atoms with E-state index in [1.54, 1.807) is 36.4 Å². The zero-order chi connectivity index (χ0) is 22.4. The molecule has 3 N–H and O–H groups in total. The average molecular weight is 446 g/mol. The van der Waals surface area contributed by atoms with E-state index in [0.717, 1.165) is 19.3 Å². The van der Waals surface area contributed by atoms with Crippen LogP contribution in [0.25, 0.3) is 0 Å². The van der Waals surface area contributed by atoms with E-state index in [1.807, 2.05) is 6.92 Å². The van der Waals surface area contributed by atoms with Crippen molar-refractivity contribution in [2.24, 2.45) is 5.73 Å². The van der Waals surface area contributed by atoms with Crippen molar-refractivity contribution in [1.82, 2.24) is 4.31 Å². The Bertz CT molecular complexity index is 1050. The van der Waals surface area contributed by atoms with E-state index in [1.165, 1.54) is 16.4 Å². The highest BCUT2D eigenvalue weighted by Gasteiger charge is 2.31. The molecule has 0 aromatic heterocycles. The fourth-order valence-corrected chi connectivity index (χ4v) is 5.26. The molecular formula is C22H27N3O5S. The molecule has 1 atom stereocenters. The van der Waals surface area contributed by atoms with E-state index >= 15 is 0 Å². The van der Waals surface area contributed by atoms with Gasteiger partial charge in [-0.1, -0.05) is 24.6 Å². The van der Waals surface area contributed by atoms with Crippen LogP contribution in [-0.4, -0.2) is 43.7 Å². The molecular weight excluding hydrogens is 418 g/mol. The van der Waals surface area contributed by atoms with Crippen LogP contribution < -0.4 is 15.8 Å². The second-order valence-corrected chi connectivity index (χ2v) is 9.39. The molecule has 8 nitrogen and oxygen atoms in total. The number of sulfonamides is 1. The van der Waals surface area contributed by atoms with Crippen LogP contribution in [0.15, 0.2) is 53.4 Å². The number of hydrogen-bond donors (Lipinski definition) is 2. The number of rotatable bonds is 8. The first kappa shape index (κ1) is 22.8. The number of carbonyl (C=O) groups excluding carboxylic acids is 2. The Balaban J connectivity index is 1.78. The number of hydrogen-bond acceptors (Lipinski definition) is 5. The quantitative estimate of drug-likeness (QED) is 0.648. The molecule has 1 heterocycles. The van der Waals surface area contributed by atoms with E-state index < -0.39 is 21.8 Å². The number of nitrogens with one attached hydrogen (secondary N) is 1. The number of nitrogens with two attached hydrogens (primary N) is 1. The molecule has 31 heavy (non-hydrogen) atoms. The molecule has 1 saturated heterocycles. The first-order chi connectivity index (χ1) is 14.8. The summed E-state index contributed by atoms with van der Waals surface area (Å²) in [5, 5.41) is 2.74. The van der Waals surface area contributed by atoms with Crippen LogP contribution in [-0.2, 0) is 14.8 Å². The van der Waals surface area contributed by atoms with Crippen LogP contribution in [0, 0.1) is 0 Å². The molecule has 2 aromatic rings. The standard InChI is InChI=1S/C22H27N3O5S/c1-16-7-4-5-13-25(16)31(28,29)18-9-6-8-17(15-18)22(27)24-19-10-2-3-11-20(19)30-14-12-21(23)26/h2-3,6,8-11,15-16H,4-5,7,12-14H2,1H3,(H2,23,26)(H,24,27). The van der Waals surface area contributed by atoms with Crippen molar-refractivity contribution in [3.63, 3.8) is 0 Å². The SMILES string of the molecule is CC1CCCCN1S(=O)(=O)c1cccc(C(=O)Nc2ccccc2OCCC(N)=O)c1. The van der Waals surface area contributed by atoms with Gasteiger partial charge in [0.25, 0.3) is 5.91 Å². The Labute approximate surface area is 182 Å². The Kier molecular flexibility index (Phi) is 7.29. The first-order valence-corrected chi connectivity index (χ1v) is 11.7. The number of amides is 2. The summed E-state index contributed by atoms with van der Waals surface area (Å²) in [5.74, 6) is -0.555. The molecule has 0 radical (unpaired) electrons. The van der Waals surface area contributed by atoms with Gasteiger partial charge in [-0.2, -0.15) is 4.31 Å². The van der Waals surface area contributed by atoms with Crippen molar-refractivity contribution >= 4 is 27.5 Å². The third-order valence-electron chi connectivity index (χ3n) is 5.19. The highest BCUT2D eigenvalue weighted by molar-refractivity contribution is 7.89. The van der Waals surface area contributed by atoms with Gasteiger partial charge < -0.3 is 15.8 Å². The minimum absolute atomic E-state index is 0.0527.